The Morgan fingerprint density at radius 1 is 1.08 bits per heavy atom. The Morgan fingerprint density at radius 3 is 2.62 bits per heavy atom. The first-order valence-corrected chi connectivity index (χ1v) is 7.62. The summed E-state index contributed by atoms with van der Waals surface area (Å²) in [5.41, 5.74) is 2.90. The molecule has 122 valence electrons. The van der Waals surface area contributed by atoms with Gasteiger partial charge in [0, 0.05) is 36.4 Å². The third-order valence-electron chi connectivity index (χ3n) is 3.39. The number of methoxy groups -OCH3 is 1. The monoisotopic (exact) mass is 321 g/mol. The van der Waals surface area contributed by atoms with Crippen molar-refractivity contribution in [3.63, 3.8) is 0 Å². The van der Waals surface area contributed by atoms with Crippen molar-refractivity contribution in [3.05, 3.63) is 66.1 Å². The molecule has 0 saturated heterocycles. The molecule has 1 aromatic carbocycles. The van der Waals surface area contributed by atoms with Crippen LogP contribution in [0.5, 0.6) is 5.75 Å². The summed E-state index contributed by atoms with van der Waals surface area (Å²) in [6.07, 6.45) is 3.57. The molecular formula is C18H19N5O. The van der Waals surface area contributed by atoms with Gasteiger partial charge in [-0.1, -0.05) is 6.07 Å². The quantitative estimate of drug-likeness (QED) is 0.723. The van der Waals surface area contributed by atoms with Crippen LogP contribution in [0.3, 0.4) is 0 Å². The second-order valence-electron chi connectivity index (χ2n) is 5.29. The Kier molecular flexibility index (Phi) is 4.86. The number of nitrogens with one attached hydrogen (secondary N) is 2. The normalized spacial score (nSPS) is 10.2. The molecule has 0 radical (unpaired) electrons. The van der Waals surface area contributed by atoms with Gasteiger partial charge in [0.05, 0.1) is 7.11 Å². The first kappa shape index (κ1) is 15.7. The fraction of sp³-hybridized carbons (Fsp3) is 0.167. The van der Waals surface area contributed by atoms with Gasteiger partial charge in [-0.05, 0) is 42.8 Å². The summed E-state index contributed by atoms with van der Waals surface area (Å²) >= 11 is 0. The number of aromatic nitrogens is 3. The van der Waals surface area contributed by atoms with Crippen molar-refractivity contribution in [3.8, 4) is 5.75 Å². The second-order valence-corrected chi connectivity index (χ2v) is 5.29. The lowest BCUT2D eigenvalue weighted by atomic mass is 10.3. The minimum absolute atomic E-state index is 0.579. The molecule has 3 rings (SSSR count). The summed E-state index contributed by atoms with van der Waals surface area (Å²) in [7, 11) is 1.65. The molecule has 0 saturated carbocycles. The maximum atomic E-state index is 5.16. The highest BCUT2D eigenvalue weighted by Gasteiger charge is 2.03. The van der Waals surface area contributed by atoms with Crippen LogP contribution >= 0.6 is 0 Å². The lowest BCUT2D eigenvalue weighted by molar-refractivity contribution is 0.415. The van der Waals surface area contributed by atoms with Gasteiger partial charge < -0.3 is 15.4 Å². The number of hydrogen-bond donors (Lipinski definition) is 2. The number of nitrogens with zero attached hydrogens (tertiary/aromatic N) is 3. The van der Waals surface area contributed by atoms with Crippen LogP contribution < -0.4 is 15.4 Å². The third kappa shape index (κ3) is 4.19. The maximum absolute atomic E-state index is 5.16. The lowest BCUT2D eigenvalue weighted by Gasteiger charge is -2.10. The number of anilines is 3. The van der Waals surface area contributed by atoms with E-state index in [1.54, 1.807) is 13.3 Å². The van der Waals surface area contributed by atoms with E-state index >= 15 is 0 Å². The Labute approximate surface area is 141 Å². The molecular weight excluding hydrogens is 302 g/mol. The highest BCUT2D eigenvalue weighted by Crippen LogP contribution is 2.20. The molecule has 0 fully saturated rings. The zero-order valence-electron chi connectivity index (χ0n) is 13.7. The summed E-state index contributed by atoms with van der Waals surface area (Å²) in [6, 6.07) is 13.5. The molecule has 0 atom stereocenters. The standard InChI is InChI=1S/C18H19N5O/c1-13-10-17(22-15-5-7-16(24-2)8-6-15)23-18(21-13)20-12-14-4-3-9-19-11-14/h3-11H,12H2,1-2H3,(H2,20,21,22,23). The molecule has 0 spiro atoms. The average Bonchev–Trinajstić information content (AvgIpc) is 2.61. The third-order valence-corrected chi connectivity index (χ3v) is 3.39. The number of pyridine rings is 1. The van der Waals surface area contributed by atoms with Gasteiger partial charge in [0.25, 0.3) is 0 Å². The fourth-order valence-electron chi connectivity index (χ4n) is 2.22. The number of ether oxygens (including phenoxy) is 1. The van der Waals surface area contributed by atoms with Crippen LogP contribution in [0.25, 0.3) is 0 Å². The van der Waals surface area contributed by atoms with Gasteiger partial charge >= 0.3 is 0 Å². The number of benzene rings is 1. The van der Waals surface area contributed by atoms with E-state index < -0.39 is 0 Å². The van der Waals surface area contributed by atoms with Gasteiger partial charge in [-0.15, -0.1) is 0 Å². The molecule has 24 heavy (non-hydrogen) atoms. The Hall–Kier alpha value is -3.15. The van der Waals surface area contributed by atoms with Crippen LogP contribution in [0, 0.1) is 6.92 Å². The SMILES string of the molecule is COc1ccc(Nc2cc(C)nc(NCc3cccnc3)n2)cc1. The van der Waals surface area contributed by atoms with Gasteiger partial charge in [-0.25, -0.2) is 4.98 Å². The van der Waals surface area contributed by atoms with Crippen molar-refractivity contribution in [2.75, 3.05) is 17.7 Å². The predicted octanol–water partition coefficient (Wildman–Crippen LogP) is 3.54. The minimum atomic E-state index is 0.579. The van der Waals surface area contributed by atoms with Gasteiger partial charge in [0.15, 0.2) is 0 Å². The van der Waals surface area contributed by atoms with Crippen molar-refractivity contribution in [1.29, 1.82) is 0 Å². The molecule has 6 heteroatoms. The first-order chi connectivity index (χ1) is 11.7. The van der Waals surface area contributed by atoms with Crippen LogP contribution in [0.4, 0.5) is 17.5 Å². The van der Waals surface area contributed by atoms with Gasteiger partial charge in [0.2, 0.25) is 5.95 Å². The van der Waals surface area contributed by atoms with E-state index in [9.17, 15) is 0 Å². The van der Waals surface area contributed by atoms with E-state index in [0.29, 0.717) is 12.5 Å². The largest absolute Gasteiger partial charge is 0.497 e. The van der Waals surface area contributed by atoms with Gasteiger partial charge in [-0.3, -0.25) is 4.98 Å². The second kappa shape index (κ2) is 7.41. The summed E-state index contributed by atoms with van der Waals surface area (Å²) in [6.45, 7) is 2.56. The van der Waals surface area contributed by atoms with Crippen molar-refractivity contribution >= 4 is 17.5 Å². The Bertz CT molecular complexity index is 790. The number of hydrogen-bond acceptors (Lipinski definition) is 6. The van der Waals surface area contributed by atoms with E-state index in [2.05, 4.69) is 25.6 Å². The van der Waals surface area contributed by atoms with Gasteiger partial charge in [-0.2, -0.15) is 4.98 Å². The minimum Gasteiger partial charge on any atom is -0.497 e. The van der Waals surface area contributed by atoms with Crippen LogP contribution in [0.15, 0.2) is 54.9 Å². The van der Waals surface area contributed by atoms with E-state index in [-0.39, 0.29) is 0 Å². The molecule has 2 heterocycles. The molecule has 2 N–H and O–H groups in total. The van der Waals surface area contributed by atoms with Gasteiger partial charge in [0.1, 0.15) is 11.6 Å². The molecule has 2 aromatic heterocycles. The smallest absolute Gasteiger partial charge is 0.225 e. The molecule has 0 bridgehead atoms. The van der Waals surface area contributed by atoms with Crippen LogP contribution in [-0.4, -0.2) is 22.1 Å². The molecule has 0 amide bonds. The molecule has 6 nitrogen and oxygen atoms in total. The predicted molar refractivity (Wildman–Crippen MR) is 94.6 cm³/mol. The van der Waals surface area contributed by atoms with E-state index in [4.69, 9.17) is 4.74 Å². The maximum Gasteiger partial charge on any atom is 0.225 e. The van der Waals surface area contributed by atoms with Crippen molar-refractivity contribution in [1.82, 2.24) is 15.0 Å². The summed E-state index contributed by atoms with van der Waals surface area (Å²) < 4.78 is 5.16. The number of aryl methyl sites for hydroxylation is 1. The topological polar surface area (TPSA) is 72.0 Å². The highest BCUT2D eigenvalue weighted by atomic mass is 16.5. The lowest BCUT2D eigenvalue weighted by Crippen LogP contribution is -2.06. The Balaban J connectivity index is 1.70. The summed E-state index contributed by atoms with van der Waals surface area (Å²) in [5.74, 6) is 2.13. The van der Waals surface area contributed by atoms with Crippen LogP contribution in [-0.2, 0) is 6.54 Å². The molecule has 0 unspecified atom stereocenters. The number of rotatable bonds is 6. The first-order valence-electron chi connectivity index (χ1n) is 7.62. The van der Waals surface area contributed by atoms with Crippen molar-refractivity contribution < 1.29 is 4.74 Å². The molecule has 0 aliphatic carbocycles. The average molecular weight is 321 g/mol. The van der Waals surface area contributed by atoms with Crippen molar-refractivity contribution in [2.45, 2.75) is 13.5 Å². The molecule has 0 aliphatic heterocycles. The zero-order valence-corrected chi connectivity index (χ0v) is 13.7. The Morgan fingerprint density at radius 2 is 1.92 bits per heavy atom. The van der Waals surface area contributed by atoms with E-state index in [1.165, 1.54) is 0 Å². The molecule has 0 aliphatic rings. The zero-order chi connectivity index (χ0) is 16.8. The highest BCUT2D eigenvalue weighted by molar-refractivity contribution is 5.58. The van der Waals surface area contributed by atoms with Crippen molar-refractivity contribution in [2.24, 2.45) is 0 Å². The van der Waals surface area contributed by atoms with E-state index in [1.807, 2.05) is 55.6 Å². The summed E-state index contributed by atoms with van der Waals surface area (Å²) in [4.78, 5) is 13.0. The molecule has 3 aromatic rings. The van der Waals surface area contributed by atoms with E-state index in [0.717, 1.165) is 28.5 Å². The van der Waals surface area contributed by atoms with Crippen LogP contribution in [0.2, 0.25) is 0 Å². The fourth-order valence-corrected chi connectivity index (χ4v) is 2.22. The van der Waals surface area contributed by atoms with Crippen LogP contribution in [0.1, 0.15) is 11.3 Å². The summed E-state index contributed by atoms with van der Waals surface area (Å²) in [5, 5.41) is 6.50.